The van der Waals surface area contributed by atoms with Crippen molar-refractivity contribution in [1.29, 1.82) is 0 Å². The Balaban J connectivity index is 1.13. The third-order valence-corrected chi connectivity index (χ3v) is 12.3. The van der Waals surface area contributed by atoms with E-state index < -0.39 is 22.7 Å². The fourth-order valence-corrected chi connectivity index (χ4v) is 10.1. The second-order valence-corrected chi connectivity index (χ2v) is 14.3. The molecule has 4 saturated carbocycles. The predicted octanol–water partition coefficient (Wildman–Crippen LogP) is 3.85. The summed E-state index contributed by atoms with van der Waals surface area (Å²) in [6.45, 7) is 10.6. The number of esters is 1. The van der Waals surface area contributed by atoms with E-state index in [9.17, 15) is 19.5 Å². The van der Waals surface area contributed by atoms with Crippen LogP contribution < -0.4 is 10.9 Å². The Kier molecular flexibility index (Phi) is 8.41. The number of nitrogens with zero attached hydrogens (tertiary/aromatic N) is 1. The van der Waals surface area contributed by atoms with Crippen LogP contribution in [0.25, 0.3) is 0 Å². The van der Waals surface area contributed by atoms with Gasteiger partial charge in [0.2, 0.25) is 0 Å². The Labute approximate surface area is 253 Å². The number of hydrogen-bond acceptors (Lipinski definition) is 9. The highest BCUT2D eigenvalue weighted by Crippen LogP contribution is 2.71. The summed E-state index contributed by atoms with van der Waals surface area (Å²) < 4.78 is 22.4. The van der Waals surface area contributed by atoms with Gasteiger partial charge in [-0.1, -0.05) is 13.8 Å². The highest BCUT2D eigenvalue weighted by Gasteiger charge is 2.70. The zero-order valence-corrected chi connectivity index (χ0v) is 25.8. The van der Waals surface area contributed by atoms with Gasteiger partial charge >= 0.3 is 17.7 Å². The van der Waals surface area contributed by atoms with Crippen molar-refractivity contribution in [2.45, 2.75) is 95.9 Å². The summed E-state index contributed by atoms with van der Waals surface area (Å²) in [4.78, 5) is 38.8. The van der Waals surface area contributed by atoms with Gasteiger partial charge in [-0.15, -0.1) is 0 Å². The molecule has 10 heteroatoms. The molecule has 5 fully saturated rings. The molecule has 43 heavy (non-hydrogen) atoms. The summed E-state index contributed by atoms with van der Waals surface area (Å²) in [7, 11) is 0. The molecule has 1 aromatic rings. The fourth-order valence-electron chi connectivity index (χ4n) is 10.1. The van der Waals surface area contributed by atoms with Crippen molar-refractivity contribution in [3.05, 3.63) is 34.4 Å². The van der Waals surface area contributed by atoms with Gasteiger partial charge in [0.05, 0.1) is 25.1 Å². The maximum Gasteiger partial charge on any atom is 0.407 e. The second-order valence-electron chi connectivity index (χ2n) is 14.3. The number of alkyl carbamates (subject to hydrolysis) is 1. The van der Waals surface area contributed by atoms with E-state index in [1.807, 2.05) is 0 Å². The molecule has 1 aliphatic heterocycles. The number of morpholine rings is 1. The molecule has 5 aliphatic rings. The molecule has 1 saturated heterocycles. The number of aliphatic hydroxyl groups is 1. The van der Waals surface area contributed by atoms with Gasteiger partial charge in [-0.2, -0.15) is 0 Å². The zero-order chi connectivity index (χ0) is 30.4. The number of amides is 1. The van der Waals surface area contributed by atoms with Crippen molar-refractivity contribution in [3.63, 3.8) is 0 Å². The van der Waals surface area contributed by atoms with Crippen molar-refractivity contribution in [2.24, 2.45) is 28.6 Å². The molecule has 238 valence electrons. The third kappa shape index (κ3) is 5.52. The molecule has 10 nitrogen and oxygen atoms in total. The summed E-state index contributed by atoms with van der Waals surface area (Å²) >= 11 is 0. The lowest BCUT2D eigenvalue weighted by molar-refractivity contribution is -0.205. The van der Waals surface area contributed by atoms with Gasteiger partial charge in [-0.25, -0.2) is 9.59 Å². The monoisotopic (exact) mass is 600 g/mol. The normalized spacial score (nSPS) is 40.9. The average Bonchev–Trinajstić information content (AvgIpc) is 3.20. The van der Waals surface area contributed by atoms with E-state index in [0.717, 1.165) is 83.4 Å². The van der Waals surface area contributed by atoms with Crippen LogP contribution in [0.4, 0.5) is 4.79 Å². The van der Waals surface area contributed by atoms with Crippen molar-refractivity contribution >= 4 is 12.1 Å². The molecular weight excluding hydrogens is 552 g/mol. The Hall–Kier alpha value is -2.43. The standard InChI is InChI=1S/C33H48N2O8/c1-21(36)42-27-19-33(39)26-6-5-23-18-24(43-30(38)34-12-13-35-14-16-40-17-15-35)8-10-31(23,2)25(26)9-11-32(33,3)29(27)22-4-7-28(37)41-20-22/h4,7,20,23-27,29,39H,5-6,8-19H2,1-3H3,(H,34,38). The first-order valence-corrected chi connectivity index (χ1v) is 16.3. The molecular formula is C33H48N2O8. The van der Waals surface area contributed by atoms with Crippen LogP contribution in [0.15, 0.2) is 27.6 Å². The van der Waals surface area contributed by atoms with E-state index in [-0.39, 0.29) is 35.4 Å². The predicted molar refractivity (Wildman–Crippen MR) is 157 cm³/mol. The van der Waals surface area contributed by atoms with Crippen LogP contribution in [0, 0.1) is 28.6 Å². The number of nitrogens with one attached hydrogen (secondary N) is 1. The average molecular weight is 601 g/mol. The minimum Gasteiger partial charge on any atom is -0.462 e. The van der Waals surface area contributed by atoms with Crippen LogP contribution in [0.1, 0.15) is 83.6 Å². The van der Waals surface area contributed by atoms with Crippen molar-refractivity contribution in [2.75, 3.05) is 39.4 Å². The van der Waals surface area contributed by atoms with Crippen molar-refractivity contribution in [1.82, 2.24) is 10.2 Å². The summed E-state index contributed by atoms with van der Waals surface area (Å²) in [5.74, 6) is 0.203. The molecule has 0 aromatic carbocycles. The largest absolute Gasteiger partial charge is 0.462 e. The molecule has 9 atom stereocenters. The van der Waals surface area contributed by atoms with Gasteiger partial charge in [0.15, 0.2) is 0 Å². The third-order valence-electron chi connectivity index (χ3n) is 12.3. The van der Waals surface area contributed by atoms with E-state index in [1.165, 1.54) is 19.3 Å². The SMILES string of the molecule is CC(=O)OC1CC2(O)C3CCC4CC(OC(=O)NCCN5CCOCC5)CCC4(C)C3CCC2(C)C1c1ccc(=O)oc1. The number of carbonyl (C=O) groups excluding carboxylic acids is 2. The number of rotatable bonds is 6. The molecule has 4 aliphatic carbocycles. The van der Waals surface area contributed by atoms with Crippen LogP contribution in [-0.4, -0.2) is 79.3 Å². The Morgan fingerprint density at radius 1 is 1.07 bits per heavy atom. The summed E-state index contributed by atoms with van der Waals surface area (Å²) in [6.07, 6.45) is 7.21. The van der Waals surface area contributed by atoms with Crippen LogP contribution in [0.2, 0.25) is 0 Å². The number of carbonyl (C=O) groups is 2. The van der Waals surface area contributed by atoms with Crippen LogP contribution in [0.5, 0.6) is 0 Å². The first kappa shape index (κ1) is 30.6. The number of hydrogen-bond donors (Lipinski definition) is 2. The van der Waals surface area contributed by atoms with E-state index in [2.05, 4.69) is 24.1 Å². The number of ether oxygens (including phenoxy) is 3. The molecule has 2 heterocycles. The first-order chi connectivity index (χ1) is 20.5. The second kappa shape index (κ2) is 11.8. The zero-order valence-electron chi connectivity index (χ0n) is 25.8. The molecule has 2 N–H and O–H groups in total. The van der Waals surface area contributed by atoms with E-state index in [4.69, 9.17) is 18.6 Å². The fraction of sp³-hybridized carbons (Fsp3) is 0.788. The van der Waals surface area contributed by atoms with E-state index >= 15 is 0 Å². The molecule has 9 unspecified atom stereocenters. The van der Waals surface area contributed by atoms with Gasteiger partial charge < -0.3 is 29.1 Å². The van der Waals surface area contributed by atoms with E-state index in [0.29, 0.717) is 24.8 Å². The van der Waals surface area contributed by atoms with Crippen LogP contribution in [-0.2, 0) is 19.0 Å². The lowest BCUT2D eigenvalue weighted by Gasteiger charge is -2.63. The molecule has 0 bridgehead atoms. The maximum atomic E-state index is 12.7. The maximum absolute atomic E-state index is 12.7. The topological polar surface area (TPSA) is 128 Å². The highest BCUT2D eigenvalue weighted by atomic mass is 16.6. The lowest BCUT2D eigenvalue weighted by atomic mass is 9.43. The summed E-state index contributed by atoms with van der Waals surface area (Å²) in [5.41, 5.74) is -1.13. The van der Waals surface area contributed by atoms with Gasteiger partial charge in [0, 0.05) is 56.9 Å². The number of fused-ring (bicyclic) bond motifs is 5. The Morgan fingerprint density at radius 2 is 1.86 bits per heavy atom. The minimum atomic E-state index is -1.02. The Morgan fingerprint density at radius 3 is 2.58 bits per heavy atom. The summed E-state index contributed by atoms with van der Waals surface area (Å²) in [5, 5.41) is 15.7. The molecule has 6 rings (SSSR count). The Bertz CT molecular complexity index is 1230. The molecule has 1 aromatic heterocycles. The molecule has 1 amide bonds. The highest BCUT2D eigenvalue weighted by molar-refractivity contribution is 5.67. The summed E-state index contributed by atoms with van der Waals surface area (Å²) in [6, 6.07) is 3.16. The van der Waals surface area contributed by atoms with Gasteiger partial charge in [-0.05, 0) is 79.7 Å². The van der Waals surface area contributed by atoms with Gasteiger partial charge in [-0.3, -0.25) is 9.69 Å². The minimum absolute atomic E-state index is 0.0429. The van der Waals surface area contributed by atoms with Crippen molar-refractivity contribution in [3.8, 4) is 0 Å². The quantitative estimate of drug-likeness (QED) is 0.468. The van der Waals surface area contributed by atoms with Gasteiger partial charge in [0.1, 0.15) is 12.2 Å². The van der Waals surface area contributed by atoms with Crippen LogP contribution >= 0.6 is 0 Å². The molecule has 0 radical (unpaired) electrons. The molecule has 0 spiro atoms. The van der Waals surface area contributed by atoms with E-state index in [1.54, 1.807) is 6.07 Å². The lowest BCUT2D eigenvalue weighted by Crippen LogP contribution is -2.62. The van der Waals surface area contributed by atoms with Crippen molar-refractivity contribution < 1.29 is 33.3 Å². The smallest absolute Gasteiger partial charge is 0.407 e. The first-order valence-electron chi connectivity index (χ1n) is 16.3. The van der Waals surface area contributed by atoms with Gasteiger partial charge in [0.25, 0.3) is 0 Å². The van der Waals surface area contributed by atoms with Crippen LogP contribution in [0.3, 0.4) is 0 Å².